The first-order valence-electron chi connectivity index (χ1n) is 8.54. The SMILES string of the molecule is C=CCNC(=O)CN1CCC(CN2CC(C)OC(C)C2)CC1. The Labute approximate surface area is 134 Å². The number of hydrogen-bond donors (Lipinski definition) is 1. The second-order valence-corrected chi connectivity index (χ2v) is 6.79. The van der Waals surface area contributed by atoms with Crippen LogP contribution in [0.5, 0.6) is 0 Å². The van der Waals surface area contributed by atoms with E-state index in [1.807, 2.05) is 0 Å². The summed E-state index contributed by atoms with van der Waals surface area (Å²) in [7, 11) is 0. The van der Waals surface area contributed by atoms with Gasteiger partial charge in [0.15, 0.2) is 0 Å². The van der Waals surface area contributed by atoms with E-state index in [1.54, 1.807) is 6.08 Å². The van der Waals surface area contributed by atoms with Crippen LogP contribution in [0.2, 0.25) is 0 Å². The van der Waals surface area contributed by atoms with Crippen LogP contribution < -0.4 is 5.32 Å². The minimum Gasteiger partial charge on any atom is -0.373 e. The first kappa shape index (κ1) is 17.4. The summed E-state index contributed by atoms with van der Waals surface area (Å²) in [5.74, 6) is 0.860. The van der Waals surface area contributed by atoms with Crippen LogP contribution in [0.1, 0.15) is 26.7 Å². The summed E-state index contributed by atoms with van der Waals surface area (Å²) in [6.07, 6.45) is 4.79. The fraction of sp³-hybridized carbons (Fsp3) is 0.824. The lowest BCUT2D eigenvalue weighted by Crippen LogP contribution is -2.49. The van der Waals surface area contributed by atoms with E-state index in [0.29, 0.717) is 25.3 Å². The number of nitrogens with zero attached hydrogens (tertiary/aromatic N) is 2. The second kappa shape index (κ2) is 8.65. The number of likely N-dealkylation sites (tertiary alicyclic amines) is 1. The van der Waals surface area contributed by atoms with Crippen molar-refractivity contribution in [1.82, 2.24) is 15.1 Å². The third kappa shape index (κ3) is 5.71. The van der Waals surface area contributed by atoms with Gasteiger partial charge in [-0.1, -0.05) is 6.08 Å². The van der Waals surface area contributed by atoms with Gasteiger partial charge in [0.05, 0.1) is 18.8 Å². The summed E-state index contributed by atoms with van der Waals surface area (Å²) in [6, 6.07) is 0. The fourth-order valence-corrected chi connectivity index (χ4v) is 3.57. The highest BCUT2D eigenvalue weighted by molar-refractivity contribution is 5.78. The highest BCUT2D eigenvalue weighted by Gasteiger charge is 2.26. The third-order valence-electron chi connectivity index (χ3n) is 4.53. The van der Waals surface area contributed by atoms with Crippen molar-refractivity contribution in [3.63, 3.8) is 0 Å². The predicted octanol–water partition coefficient (Wildman–Crippen LogP) is 1.11. The maximum Gasteiger partial charge on any atom is 0.234 e. The van der Waals surface area contributed by atoms with Crippen molar-refractivity contribution in [2.24, 2.45) is 5.92 Å². The number of piperidine rings is 1. The molecule has 5 heteroatoms. The molecule has 2 saturated heterocycles. The number of carbonyl (C=O) groups is 1. The first-order valence-corrected chi connectivity index (χ1v) is 8.54. The average molecular weight is 309 g/mol. The quantitative estimate of drug-likeness (QED) is 0.747. The molecule has 1 amide bonds. The van der Waals surface area contributed by atoms with Crippen LogP contribution in [-0.2, 0) is 9.53 Å². The molecule has 2 unspecified atom stereocenters. The van der Waals surface area contributed by atoms with Gasteiger partial charge in [-0.2, -0.15) is 0 Å². The monoisotopic (exact) mass is 309 g/mol. The molecule has 0 saturated carbocycles. The molecular formula is C17H31N3O2. The molecule has 2 heterocycles. The van der Waals surface area contributed by atoms with Crippen LogP contribution in [0, 0.1) is 5.92 Å². The first-order chi connectivity index (χ1) is 10.6. The van der Waals surface area contributed by atoms with Crippen LogP contribution in [0.25, 0.3) is 0 Å². The Morgan fingerprint density at radius 2 is 1.86 bits per heavy atom. The molecule has 2 rings (SSSR count). The maximum absolute atomic E-state index is 11.7. The van der Waals surface area contributed by atoms with E-state index in [-0.39, 0.29) is 5.91 Å². The molecule has 2 fully saturated rings. The van der Waals surface area contributed by atoms with Gasteiger partial charge in [0, 0.05) is 26.2 Å². The number of hydrogen-bond acceptors (Lipinski definition) is 4. The Balaban J connectivity index is 1.66. The van der Waals surface area contributed by atoms with Gasteiger partial charge in [0.1, 0.15) is 0 Å². The molecule has 0 aromatic carbocycles. The molecule has 0 aliphatic carbocycles. The maximum atomic E-state index is 11.7. The topological polar surface area (TPSA) is 44.8 Å². The number of nitrogens with one attached hydrogen (secondary N) is 1. The lowest BCUT2D eigenvalue weighted by atomic mass is 9.95. The molecule has 2 atom stereocenters. The van der Waals surface area contributed by atoms with Gasteiger partial charge in [-0.15, -0.1) is 6.58 Å². The predicted molar refractivity (Wildman–Crippen MR) is 88.8 cm³/mol. The van der Waals surface area contributed by atoms with Crippen molar-refractivity contribution in [3.8, 4) is 0 Å². The average Bonchev–Trinajstić information content (AvgIpc) is 2.46. The zero-order valence-corrected chi connectivity index (χ0v) is 14.1. The summed E-state index contributed by atoms with van der Waals surface area (Å²) in [5.41, 5.74) is 0. The molecule has 2 aliphatic rings. The molecule has 126 valence electrons. The number of carbonyl (C=O) groups excluding carboxylic acids is 1. The smallest absolute Gasteiger partial charge is 0.234 e. The standard InChI is InChI=1S/C17H31N3O2/c1-4-7-18-17(21)13-19-8-5-16(6-9-19)12-20-10-14(2)22-15(3)11-20/h4,14-16H,1,5-13H2,2-3H3,(H,18,21). The normalized spacial score (nSPS) is 28.5. The summed E-state index contributed by atoms with van der Waals surface area (Å²) in [4.78, 5) is 16.5. The fourth-order valence-electron chi connectivity index (χ4n) is 3.57. The number of rotatable bonds is 6. The van der Waals surface area contributed by atoms with Crippen LogP contribution >= 0.6 is 0 Å². The molecule has 0 radical (unpaired) electrons. The lowest BCUT2D eigenvalue weighted by Gasteiger charge is -2.39. The van der Waals surface area contributed by atoms with Gasteiger partial charge in [-0.05, 0) is 45.7 Å². The zero-order valence-electron chi connectivity index (χ0n) is 14.1. The van der Waals surface area contributed by atoms with Crippen LogP contribution in [0.3, 0.4) is 0 Å². The Morgan fingerprint density at radius 1 is 1.23 bits per heavy atom. The van der Waals surface area contributed by atoms with Gasteiger partial charge < -0.3 is 10.1 Å². The third-order valence-corrected chi connectivity index (χ3v) is 4.53. The van der Waals surface area contributed by atoms with E-state index < -0.39 is 0 Å². The summed E-state index contributed by atoms with van der Waals surface area (Å²) < 4.78 is 5.80. The highest BCUT2D eigenvalue weighted by atomic mass is 16.5. The van der Waals surface area contributed by atoms with Crippen molar-refractivity contribution in [2.45, 2.75) is 38.9 Å². The molecule has 5 nitrogen and oxygen atoms in total. The van der Waals surface area contributed by atoms with Crippen LogP contribution in [0.4, 0.5) is 0 Å². The minimum atomic E-state index is 0.106. The molecule has 0 bridgehead atoms. The Morgan fingerprint density at radius 3 is 2.45 bits per heavy atom. The van der Waals surface area contributed by atoms with E-state index in [4.69, 9.17) is 4.74 Å². The Hall–Kier alpha value is -0.910. The molecular weight excluding hydrogens is 278 g/mol. The molecule has 0 aromatic rings. The number of morpholine rings is 1. The van der Waals surface area contributed by atoms with Crippen molar-refractivity contribution < 1.29 is 9.53 Å². The van der Waals surface area contributed by atoms with E-state index in [2.05, 4.69) is 35.5 Å². The van der Waals surface area contributed by atoms with Crippen LogP contribution in [0.15, 0.2) is 12.7 Å². The van der Waals surface area contributed by atoms with Gasteiger partial charge in [-0.25, -0.2) is 0 Å². The highest BCUT2D eigenvalue weighted by Crippen LogP contribution is 2.20. The van der Waals surface area contributed by atoms with Crippen LogP contribution in [-0.4, -0.2) is 73.7 Å². The Bertz CT molecular complexity index is 357. The summed E-state index contributed by atoms with van der Waals surface area (Å²) >= 11 is 0. The van der Waals surface area contributed by atoms with Crippen molar-refractivity contribution in [1.29, 1.82) is 0 Å². The van der Waals surface area contributed by atoms with Gasteiger partial charge >= 0.3 is 0 Å². The van der Waals surface area contributed by atoms with E-state index in [9.17, 15) is 4.79 Å². The lowest BCUT2D eigenvalue weighted by molar-refractivity contribution is -0.122. The molecule has 1 N–H and O–H groups in total. The number of ether oxygens (including phenoxy) is 1. The van der Waals surface area contributed by atoms with Crippen molar-refractivity contribution in [3.05, 3.63) is 12.7 Å². The number of amides is 1. The minimum absolute atomic E-state index is 0.106. The Kier molecular flexibility index (Phi) is 6.86. The van der Waals surface area contributed by atoms with Gasteiger partial charge in [0.2, 0.25) is 5.91 Å². The molecule has 0 spiro atoms. The zero-order chi connectivity index (χ0) is 15.9. The van der Waals surface area contributed by atoms with E-state index in [0.717, 1.165) is 32.1 Å². The van der Waals surface area contributed by atoms with Gasteiger partial charge in [0.25, 0.3) is 0 Å². The van der Waals surface area contributed by atoms with Gasteiger partial charge in [-0.3, -0.25) is 14.6 Å². The molecule has 2 aliphatic heterocycles. The molecule has 22 heavy (non-hydrogen) atoms. The second-order valence-electron chi connectivity index (χ2n) is 6.79. The van der Waals surface area contributed by atoms with Crippen molar-refractivity contribution in [2.75, 3.05) is 45.8 Å². The van der Waals surface area contributed by atoms with E-state index >= 15 is 0 Å². The van der Waals surface area contributed by atoms with Crippen molar-refractivity contribution >= 4 is 5.91 Å². The van der Waals surface area contributed by atoms with E-state index in [1.165, 1.54) is 19.4 Å². The largest absolute Gasteiger partial charge is 0.373 e. The molecule has 0 aromatic heterocycles. The summed E-state index contributed by atoms with van der Waals surface area (Å²) in [5, 5.41) is 2.85. The summed E-state index contributed by atoms with van der Waals surface area (Å²) in [6.45, 7) is 14.3.